The molecular formula is C33H41F3N10O. The fourth-order valence-electron chi connectivity index (χ4n) is 5.78. The number of likely N-dealkylation sites (tertiary alicyclic amines) is 1. The van der Waals surface area contributed by atoms with E-state index in [4.69, 9.17) is 16.5 Å². The molecule has 2 aliphatic rings. The van der Waals surface area contributed by atoms with Gasteiger partial charge in [-0.2, -0.15) is 18.2 Å². The first-order chi connectivity index (χ1) is 22.4. The molecule has 0 saturated carbocycles. The third-order valence-corrected chi connectivity index (χ3v) is 8.61. The summed E-state index contributed by atoms with van der Waals surface area (Å²) in [6.45, 7) is 12.2. The summed E-state index contributed by atoms with van der Waals surface area (Å²) in [5, 5.41) is 5.59. The van der Waals surface area contributed by atoms with Crippen LogP contribution < -0.4 is 27.0 Å². The molecule has 14 heteroatoms. The summed E-state index contributed by atoms with van der Waals surface area (Å²) in [5.74, 6) is 0.893. The molecule has 0 unspecified atom stereocenters. The van der Waals surface area contributed by atoms with E-state index in [0.717, 1.165) is 69.4 Å². The minimum Gasteiger partial charge on any atom is -0.382 e. The molecule has 250 valence electrons. The Bertz CT molecular complexity index is 1610. The lowest BCUT2D eigenvalue weighted by Gasteiger charge is -2.38. The number of piperazine rings is 1. The van der Waals surface area contributed by atoms with Crippen LogP contribution in [0, 0.1) is 12.8 Å². The standard InChI is InChI=1S/C33H41F3N10O/c1-4-39-27-28(42-32(43-29(27)37)46-17-15-45(16-18-46)20-22-11-13-44(3)14-12-22)30(38)41-26-19-23(6-5-21(26)2)31(47)40-25-9-7-24(8-10-25)33(34,35)36/h4-10,19,22,39H,1,11-18,20H2,2-3H3,(H2,38,41)(H,40,47)(H2,37,42,43). The summed E-state index contributed by atoms with van der Waals surface area (Å²) in [7, 11) is 2.18. The average molecular weight is 651 g/mol. The number of piperidine rings is 1. The normalized spacial score (nSPS) is 17.0. The number of amides is 1. The highest BCUT2D eigenvalue weighted by Crippen LogP contribution is 2.31. The maximum atomic E-state index is 13.0. The van der Waals surface area contributed by atoms with Gasteiger partial charge < -0.3 is 31.9 Å². The molecule has 47 heavy (non-hydrogen) atoms. The number of aliphatic imine (C=N–C) groups is 1. The molecule has 1 aromatic heterocycles. The number of anilines is 4. The van der Waals surface area contributed by atoms with Gasteiger partial charge in [0.25, 0.3) is 5.91 Å². The molecule has 2 fully saturated rings. The van der Waals surface area contributed by atoms with Gasteiger partial charge >= 0.3 is 6.18 Å². The van der Waals surface area contributed by atoms with Crippen molar-refractivity contribution in [3.05, 3.63) is 77.6 Å². The second kappa shape index (κ2) is 14.4. The lowest BCUT2D eigenvalue weighted by Crippen LogP contribution is -2.49. The number of alkyl halides is 3. The van der Waals surface area contributed by atoms with Crippen molar-refractivity contribution < 1.29 is 18.0 Å². The molecule has 6 N–H and O–H groups in total. The molecule has 2 saturated heterocycles. The molecule has 5 rings (SSSR count). The molecule has 11 nitrogen and oxygen atoms in total. The second-order valence-corrected chi connectivity index (χ2v) is 12.0. The van der Waals surface area contributed by atoms with Gasteiger partial charge in [-0.15, -0.1) is 0 Å². The summed E-state index contributed by atoms with van der Waals surface area (Å²) >= 11 is 0. The Morgan fingerprint density at radius 2 is 1.74 bits per heavy atom. The third-order valence-electron chi connectivity index (χ3n) is 8.61. The van der Waals surface area contributed by atoms with E-state index in [-0.39, 0.29) is 22.9 Å². The number of hydrogen-bond donors (Lipinski definition) is 4. The van der Waals surface area contributed by atoms with Crippen molar-refractivity contribution in [2.24, 2.45) is 16.6 Å². The van der Waals surface area contributed by atoms with Gasteiger partial charge in [0.1, 0.15) is 11.4 Å². The van der Waals surface area contributed by atoms with E-state index >= 15 is 0 Å². The van der Waals surface area contributed by atoms with Crippen LogP contribution in [-0.2, 0) is 6.18 Å². The van der Waals surface area contributed by atoms with Crippen molar-refractivity contribution in [2.45, 2.75) is 25.9 Å². The molecule has 0 aliphatic carbocycles. The Morgan fingerprint density at radius 3 is 2.38 bits per heavy atom. The number of nitrogens with two attached hydrogens (primary N) is 2. The summed E-state index contributed by atoms with van der Waals surface area (Å²) in [5.41, 5.74) is 14.4. The summed E-state index contributed by atoms with van der Waals surface area (Å²) < 4.78 is 38.8. The lowest BCUT2D eigenvalue weighted by atomic mass is 9.96. The van der Waals surface area contributed by atoms with Crippen molar-refractivity contribution in [3.63, 3.8) is 0 Å². The smallest absolute Gasteiger partial charge is 0.382 e. The Morgan fingerprint density at radius 1 is 1.06 bits per heavy atom. The zero-order chi connectivity index (χ0) is 33.7. The van der Waals surface area contributed by atoms with E-state index in [1.165, 1.54) is 31.2 Å². The number of aromatic nitrogens is 2. The maximum Gasteiger partial charge on any atom is 0.416 e. The topological polar surface area (TPSA) is 141 Å². The quantitative estimate of drug-likeness (QED) is 0.192. The molecule has 1 amide bonds. The number of carbonyl (C=O) groups is 1. The number of nitrogens with zero attached hydrogens (tertiary/aromatic N) is 6. The van der Waals surface area contributed by atoms with Crippen LogP contribution in [0.3, 0.4) is 0 Å². The number of benzene rings is 2. The first-order valence-corrected chi connectivity index (χ1v) is 15.6. The molecule has 3 aromatic rings. The summed E-state index contributed by atoms with van der Waals surface area (Å²) in [6, 6.07) is 9.09. The number of halogens is 3. The highest BCUT2D eigenvalue weighted by Gasteiger charge is 2.30. The van der Waals surface area contributed by atoms with Crippen LogP contribution in [0.15, 0.2) is 60.2 Å². The van der Waals surface area contributed by atoms with E-state index in [1.54, 1.807) is 18.2 Å². The number of aryl methyl sites for hydroxylation is 1. The van der Waals surface area contributed by atoms with Crippen LogP contribution in [0.2, 0.25) is 0 Å². The number of nitrogen functional groups attached to an aromatic ring is 1. The van der Waals surface area contributed by atoms with E-state index in [1.807, 2.05) is 6.92 Å². The predicted octanol–water partition coefficient (Wildman–Crippen LogP) is 4.69. The highest BCUT2D eigenvalue weighted by molar-refractivity contribution is 6.06. The zero-order valence-electron chi connectivity index (χ0n) is 26.6. The number of hydrogen-bond acceptors (Lipinski definition) is 9. The Labute approximate surface area is 272 Å². The maximum absolute atomic E-state index is 13.0. The minimum absolute atomic E-state index is 0.0500. The molecule has 0 atom stereocenters. The monoisotopic (exact) mass is 650 g/mol. The van der Waals surface area contributed by atoms with Gasteiger partial charge in [0.15, 0.2) is 11.7 Å². The summed E-state index contributed by atoms with van der Waals surface area (Å²) in [4.78, 5) is 33.9. The van der Waals surface area contributed by atoms with Crippen LogP contribution in [0.5, 0.6) is 0 Å². The number of carbonyl (C=O) groups excluding carboxylic acids is 1. The van der Waals surface area contributed by atoms with Gasteiger partial charge in [-0.1, -0.05) is 12.6 Å². The fraction of sp³-hybridized carbons (Fsp3) is 0.394. The van der Waals surface area contributed by atoms with Crippen LogP contribution in [0.25, 0.3) is 0 Å². The fourth-order valence-corrected chi connectivity index (χ4v) is 5.78. The lowest BCUT2D eigenvalue weighted by molar-refractivity contribution is -0.137. The van der Waals surface area contributed by atoms with E-state index in [9.17, 15) is 18.0 Å². The number of nitrogens with one attached hydrogen (secondary N) is 2. The van der Waals surface area contributed by atoms with Gasteiger partial charge in [0, 0.05) is 44.0 Å². The Hall–Kier alpha value is -4.69. The molecular weight excluding hydrogens is 609 g/mol. The largest absolute Gasteiger partial charge is 0.416 e. The van der Waals surface area contributed by atoms with Crippen LogP contribution >= 0.6 is 0 Å². The summed E-state index contributed by atoms with van der Waals surface area (Å²) in [6.07, 6.45) is -0.571. The Balaban J connectivity index is 1.33. The first-order valence-electron chi connectivity index (χ1n) is 15.6. The average Bonchev–Trinajstić information content (AvgIpc) is 3.04. The van der Waals surface area contributed by atoms with E-state index < -0.39 is 17.6 Å². The van der Waals surface area contributed by atoms with Crippen LogP contribution in [0.1, 0.15) is 40.0 Å². The van der Waals surface area contributed by atoms with Gasteiger partial charge in [-0.05, 0) is 94.0 Å². The van der Waals surface area contributed by atoms with Gasteiger partial charge in [-0.25, -0.2) is 9.98 Å². The van der Waals surface area contributed by atoms with Crippen molar-refractivity contribution in [3.8, 4) is 0 Å². The van der Waals surface area contributed by atoms with Crippen LogP contribution in [-0.4, -0.2) is 84.4 Å². The van der Waals surface area contributed by atoms with Gasteiger partial charge in [0.2, 0.25) is 5.95 Å². The highest BCUT2D eigenvalue weighted by atomic mass is 19.4. The van der Waals surface area contributed by atoms with Crippen molar-refractivity contribution >= 4 is 40.6 Å². The molecule has 2 aliphatic heterocycles. The third kappa shape index (κ3) is 8.37. The number of amidine groups is 1. The van der Waals surface area contributed by atoms with Crippen molar-refractivity contribution in [1.82, 2.24) is 19.8 Å². The van der Waals surface area contributed by atoms with Crippen molar-refractivity contribution in [1.29, 1.82) is 0 Å². The minimum atomic E-state index is -4.47. The molecule has 3 heterocycles. The van der Waals surface area contributed by atoms with Gasteiger partial charge in [0.05, 0.1) is 11.3 Å². The second-order valence-electron chi connectivity index (χ2n) is 12.0. The first kappa shape index (κ1) is 33.7. The molecule has 0 bridgehead atoms. The zero-order valence-corrected chi connectivity index (χ0v) is 26.6. The molecule has 2 aromatic carbocycles. The van der Waals surface area contributed by atoms with Crippen LogP contribution in [0.4, 0.5) is 42.0 Å². The van der Waals surface area contributed by atoms with Gasteiger partial charge in [-0.3, -0.25) is 9.69 Å². The number of rotatable bonds is 9. The SMILES string of the molecule is C=CNc1c(N)nc(N2CCN(CC3CCN(C)CC3)CC2)nc1C(N)=Nc1cc(C(=O)Nc2ccc(C(F)(F)F)cc2)ccc1C. The predicted molar refractivity (Wildman–Crippen MR) is 180 cm³/mol. The van der Waals surface area contributed by atoms with E-state index in [0.29, 0.717) is 23.0 Å². The molecule has 0 spiro atoms. The molecule has 0 radical (unpaired) electrons. The Kier molecular flexibility index (Phi) is 10.3. The van der Waals surface area contributed by atoms with E-state index in [2.05, 4.69) is 48.9 Å². The van der Waals surface area contributed by atoms with Crippen molar-refractivity contribution in [2.75, 3.05) is 74.1 Å².